The van der Waals surface area contributed by atoms with Gasteiger partial charge in [-0.1, -0.05) is 83.3 Å². The van der Waals surface area contributed by atoms with Crippen LogP contribution >= 0.6 is 23.2 Å². The van der Waals surface area contributed by atoms with E-state index in [9.17, 15) is 24.6 Å². The van der Waals surface area contributed by atoms with E-state index in [1.807, 2.05) is 12.1 Å². The summed E-state index contributed by atoms with van der Waals surface area (Å²) in [7, 11) is 4.13. The molecule has 0 bridgehead atoms. The lowest BCUT2D eigenvalue weighted by atomic mass is 9.33. The Morgan fingerprint density at radius 2 is 1.62 bits per heavy atom. The second kappa shape index (κ2) is 16.1. The van der Waals surface area contributed by atoms with E-state index in [4.69, 9.17) is 27.9 Å². The molecule has 0 amide bonds. The van der Waals surface area contributed by atoms with Crippen molar-refractivity contribution in [3.63, 3.8) is 0 Å². The van der Waals surface area contributed by atoms with E-state index in [1.54, 1.807) is 19.9 Å². The number of esters is 1. The largest absolute Gasteiger partial charge is 0.481 e. The van der Waals surface area contributed by atoms with Gasteiger partial charge < -0.3 is 19.8 Å². The Kier molecular flexibility index (Phi) is 12.6. The first-order valence-corrected chi connectivity index (χ1v) is 22.8. The molecule has 0 aliphatic heterocycles. The molecule has 0 heterocycles. The number of aliphatic hydroxyl groups excluding tert-OH is 1. The molecule has 10 heteroatoms. The molecule has 8 nitrogen and oxygen atoms in total. The number of halogens is 2. The fraction of sp³-hybridized carbons (Fsp3) is 0.771. The molecular formula is C48H72Cl2N2O6. The fourth-order valence-corrected chi connectivity index (χ4v) is 14.3. The van der Waals surface area contributed by atoms with Crippen molar-refractivity contribution in [2.45, 2.75) is 145 Å². The van der Waals surface area contributed by atoms with Crippen LogP contribution < -0.4 is 0 Å². The van der Waals surface area contributed by atoms with Crippen molar-refractivity contribution in [2.24, 2.45) is 56.2 Å². The highest BCUT2D eigenvalue weighted by molar-refractivity contribution is 6.35. The van der Waals surface area contributed by atoms with Crippen LogP contribution in [0.5, 0.6) is 0 Å². The number of ketones is 1. The molecule has 324 valence electrons. The van der Waals surface area contributed by atoms with Crippen LogP contribution in [-0.4, -0.2) is 83.7 Å². The van der Waals surface area contributed by atoms with Crippen LogP contribution in [0, 0.1) is 56.2 Å². The summed E-state index contributed by atoms with van der Waals surface area (Å²) in [5.74, 6) is -0.0958. The number of nitrogens with zero attached hydrogens (tertiary/aromatic N) is 2. The van der Waals surface area contributed by atoms with Crippen LogP contribution in [0.1, 0.15) is 132 Å². The Balaban J connectivity index is 1.29. The summed E-state index contributed by atoms with van der Waals surface area (Å²) in [6, 6.07) is 5.62. The Hall–Kier alpha value is -1.97. The molecule has 0 aromatic heterocycles. The van der Waals surface area contributed by atoms with Crippen LogP contribution in [0.3, 0.4) is 0 Å². The third kappa shape index (κ3) is 7.64. The van der Waals surface area contributed by atoms with Crippen LogP contribution in [0.4, 0.5) is 0 Å². The van der Waals surface area contributed by atoms with Crippen LogP contribution in [0.25, 0.3) is 0 Å². The van der Waals surface area contributed by atoms with Gasteiger partial charge in [-0.15, -0.1) is 0 Å². The van der Waals surface area contributed by atoms with Gasteiger partial charge in [-0.2, -0.15) is 0 Å². The molecule has 9 atom stereocenters. The zero-order valence-electron chi connectivity index (χ0n) is 37.3. The topological polar surface area (TPSA) is 107 Å². The van der Waals surface area contributed by atoms with Crippen molar-refractivity contribution in [2.75, 3.05) is 33.7 Å². The molecule has 1 aromatic rings. The van der Waals surface area contributed by atoms with E-state index in [2.05, 4.69) is 72.4 Å². The van der Waals surface area contributed by atoms with Crippen molar-refractivity contribution < 1.29 is 29.3 Å². The molecule has 0 radical (unpaired) electrons. The molecule has 0 unspecified atom stereocenters. The van der Waals surface area contributed by atoms with Crippen LogP contribution in [-0.2, 0) is 25.7 Å². The summed E-state index contributed by atoms with van der Waals surface area (Å²) in [6.45, 7) is 22.3. The Labute approximate surface area is 358 Å². The summed E-state index contributed by atoms with van der Waals surface area (Å²) >= 11 is 13.0. The molecule has 0 spiro atoms. The van der Waals surface area contributed by atoms with E-state index < -0.39 is 28.9 Å². The average Bonchev–Trinajstić information content (AvgIpc) is 3.43. The molecule has 4 fully saturated rings. The van der Waals surface area contributed by atoms with Gasteiger partial charge in [0.25, 0.3) is 0 Å². The average molecular weight is 844 g/mol. The highest BCUT2D eigenvalue weighted by atomic mass is 35.5. The highest BCUT2D eigenvalue weighted by Gasteiger charge is 2.71. The van der Waals surface area contributed by atoms with Crippen LogP contribution in [0.2, 0.25) is 10.0 Å². The second-order valence-electron chi connectivity index (χ2n) is 21.8. The molecule has 4 saturated carbocycles. The van der Waals surface area contributed by atoms with Crippen LogP contribution in [0.15, 0.2) is 29.3 Å². The second-order valence-corrected chi connectivity index (χ2v) is 22.7. The Morgan fingerprint density at radius 3 is 2.24 bits per heavy atom. The van der Waals surface area contributed by atoms with Gasteiger partial charge in [0, 0.05) is 53.5 Å². The molecule has 1 aromatic carbocycles. The Bertz CT molecular complexity index is 1810. The summed E-state index contributed by atoms with van der Waals surface area (Å²) in [5, 5.41) is 23.6. The zero-order chi connectivity index (χ0) is 43.0. The van der Waals surface area contributed by atoms with Gasteiger partial charge in [0.05, 0.1) is 17.9 Å². The maximum Gasteiger partial charge on any atom is 0.309 e. The molecule has 5 aliphatic carbocycles. The van der Waals surface area contributed by atoms with E-state index in [-0.39, 0.29) is 51.8 Å². The normalized spacial score (nSPS) is 35.1. The summed E-state index contributed by atoms with van der Waals surface area (Å²) in [4.78, 5) is 43.8. The minimum absolute atomic E-state index is 0.0210. The van der Waals surface area contributed by atoms with Gasteiger partial charge >= 0.3 is 11.9 Å². The number of likely N-dealkylation sites (N-methyl/N-ethyl adjacent to an activating group) is 1. The minimum atomic E-state index is -1.18. The smallest absolute Gasteiger partial charge is 0.309 e. The van der Waals surface area contributed by atoms with Gasteiger partial charge in [-0.3, -0.25) is 19.3 Å². The van der Waals surface area contributed by atoms with Gasteiger partial charge in [0.15, 0.2) is 5.78 Å². The van der Waals surface area contributed by atoms with Gasteiger partial charge in [-0.25, -0.2) is 0 Å². The molecule has 5 aliphatic rings. The molecule has 6 rings (SSSR count). The number of fused-ring (bicyclic) bond motifs is 7. The molecular weight excluding hydrogens is 771 g/mol. The predicted molar refractivity (Wildman–Crippen MR) is 232 cm³/mol. The van der Waals surface area contributed by atoms with Gasteiger partial charge in [-0.05, 0) is 142 Å². The summed E-state index contributed by atoms with van der Waals surface area (Å²) in [5.41, 5.74) is 1.20. The lowest BCUT2D eigenvalue weighted by molar-refractivity contribution is -0.235. The zero-order valence-corrected chi connectivity index (χ0v) is 38.8. The van der Waals surface area contributed by atoms with Crippen molar-refractivity contribution in [1.29, 1.82) is 0 Å². The maximum absolute atomic E-state index is 14.3. The minimum Gasteiger partial charge on any atom is -0.481 e. The van der Waals surface area contributed by atoms with Crippen molar-refractivity contribution in [3.8, 4) is 0 Å². The number of carboxylic acids is 1. The number of allylic oxidation sites excluding steroid dienone is 1. The van der Waals surface area contributed by atoms with Crippen molar-refractivity contribution in [3.05, 3.63) is 45.0 Å². The number of aliphatic hydroxyl groups is 1. The lowest BCUT2D eigenvalue weighted by Gasteiger charge is -2.72. The molecule has 0 saturated heterocycles. The van der Waals surface area contributed by atoms with E-state index in [0.717, 1.165) is 75.6 Å². The standard InChI is InChI=1S/C48H72Cl2N2O6/c1-29(2)40-34(53)25-48(37(54)28-52(23-22-51(10)11)27-30-12-13-31(49)24-33(30)50)21-20-46(8)32(41(40)48)14-15-36-45(7)18-17-38(58-39(55)26-43(3,4)42(56)57)44(5,6)35(45)16-19-47(36,46)9/h12-13,24,29,32,35-38,54H,14-23,25-28H2,1-11H3,(H,56,57)/t32-,35+,36-,37-,38+,45+,46-,47-,48-/m1/s1. The number of ether oxygens (including phenoxy) is 1. The van der Waals surface area contributed by atoms with Gasteiger partial charge in [0.1, 0.15) is 6.10 Å². The molecule has 2 N–H and O–H groups in total. The fourth-order valence-electron chi connectivity index (χ4n) is 13.8. The third-order valence-electron chi connectivity index (χ3n) is 17.2. The first kappa shape index (κ1) is 45.6. The highest BCUT2D eigenvalue weighted by Crippen LogP contribution is 2.77. The number of carboxylic acid groups (broad SMARTS) is 1. The van der Waals surface area contributed by atoms with Gasteiger partial charge in [0.2, 0.25) is 0 Å². The Morgan fingerprint density at radius 1 is 0.931 bits per heavy atom. The maximum atomic E-state index is 14.3. The van der Waals surface area contributed by atoms with Crippen molar-refractivity contribution in [1.82, 2.24) is 9.80 Å². The molecule has 58 heavy (non-hydrogen) atoms. The van der Waals surface area contributed by atoms with Crippen molar-refractivity contribution >= 4 is 40.9 Å². The number of rotatable bonds is 13. The lowest BCUT2D eigenvalue weighted by Crippen LogP contribution is -2.66. The summed E-state index contributed by atoms with van der Waals surface area (Å²) < 4.78 is 6.19. The number of hydrogen-bond acceptors (Lipinski definition) is 7. The number of carbonyl (C=O) groups excluding carboxylic acids is 2. The first-order valence-electron chi connectivity index (χ1n) is 22.0. The number of aliphatic carboxylic acids is 1. The van der Waals surface area contributed by atoms with E-state index >= 15 is 0 Å². The number of benzene rings is 1. The number of Topliss-reactive ketones (excluding diaryl/α,β-unsaturated/α-hetero) is 1. The SMILES string of the molecule is CC(C)C1=C2[C@H]3CC[C@@H]4[C@@]5(C)CC[C@H](OC(=O)CC(C)(C)C(=O)O)C(C)(C)[C@@H]5CC[C@@]4(C)[C@]3(C)CC[C@]2([C@H](O)CN(CCN(C)C)Cc2ccc(Cl)cc2Cl)CC1=O. The van der Waals surface area contributed by atoms with E-state index in [0.29, 0.717) is 41.4 Å². The quantitative estimate of drug-likeness (QED) is 0.189. The monoisotopic (exact) mass is 842 g/mol. The first-order chi connectivity index (χ1) is 26.8. The third-order valence-corrected chi connectivity index (χ3v) is 17.8. The predicted octanol–water partition coefficient (Wildman–Crippen LogP) is 10.1. The van der Waals surface area contributed by atoms with E-state index in [1.165, 1.54) is 5.57 Å². The number of carbonyl (C=O) groups is 3. The summed E-state index contributed by atoms with van der Waals surface area (Å²) in [6.07, 6.45) is 6.92. The number of hydrogen-bond donors (Lipinski definition) is 2.